The van der Waals surface area contributed by atoms with Gasteiger partial charge in [0.25, 0.3) is 5.56 Å². The first kappa shape index (κ1) is 21.2. The molecule has 0 saturated heterocycles. The second-order valence-electron chi connectivity index (χ2n) is 9.19. The van der Waals surface area contributed by atoms with Crippen molar-refractivity contribution < 1.29 is 0 Å². The molecule has 0 aliphatic rings. The number of benzene rings is 3. The lowest BCUT2D eigenvalue weighted by atomic mass is 10.1. The number of hydrogen-bond donors (Lipinski definition) is 0. The van der Waals surface area contributed by atoms with Crippen LogP contribution in [0.1, 0.15) is 35.5 Å². The lowest BCUT2D eigenvalue weighted by molar-refractivity contribution is 0.587. The zero-order valence-electron chi connectivity index (χ0n) is 20.1. The molecule has 3 aromatic carbocycles. The monoisotopic (exact) mass is 459 g/mol. The predicted octanol–water partition coefficient (Wildman–Crippen LogP) is 5.82. The first-order valence-electron chi connectivity index (χ1n) is 11.8. The Bertz CT molecular complexity index is 1790. The summed E-state index contributed by atoms with van der Waals surface area (Å²) in [6.45, 7) is 8.06. The van der Waals surface area contributed by atoms with Crippen molar-refractivity contribution >= 4 is 33.2 Å². The summed E-state index contributed by atoms with van der Waals surface area (Å²) in [6.07, 6.45) is 0. The molecule has 6 aromatic rings. The number of aromatic nitrogens is 5. The maximum absolute atomic E-state index is 14.1. The second kappa shape index (κ2) is 7.87. The molecule has 0 N–H and O–H groups in total. The van der Waals surface area contributed by atoms with Gasteiger partial charge in [-0.3, -0.25) is 13.9 Å². The molecule has 6 rings (SSSR count). The third-order valence-corrected chi connectivity index (χ3v) is 6.62. The van der Waals surface area contributed by atoms with Crippen LogP contribution in [0.5, 0.6) is 0 Å². The standard InChI is InChI=1S/C29H25N5O/c1-17-14-18(2)16-22(15-17)34-27-25(26-28(34)32-24-13-9-8-12-23(24)31-26)29(35)33(20(4)30-27)19(3)21-10-6-5-7-11-21/h5-16,19H,1-4H3/t19-/m0/s1. The van der Waals surface area contributed by atoms with Crippen LogP contribution in [0.4, 0.5) is 0 Å². The van der Waals surface area contributed by atoms with Crippen LogP contribution in [0.2, 0.25) is 0 Å². The molecule has 3 heterocycles. The van der Waals surface area contributed by atoms with Gasteiger partial charge >= 0.3 is 0 Å². The summed E-state index contributed by atoms with van der Waals surface area (Å²) in [5.74, 6) is 0.650. The van der Waals surface area contributed by atoms with E-state index in [9.17, 15) is 4.79 Å². The molecule has 35 heavy (non-hydrogen) atoms. The lowest BCUT2D eigenvalue weighted by Crippen LogP contribution is -2.27. The van der Waals surface area contributed by atoms with Gasteiger partial charge in [-0.15, -0.1) is 0 Å². The van der Waals surface area contributed by atoms with E-state index in [0.29, 0.717) is 28.0 Å². The Morgan fingerprint density at radius 2 is 1.37 bits per heavy atom. The first-order valence-corrected chi connectivity index (χ1v) is 11.8. The third-order valence-electron chi connectivity index (χ3n) is 6.62. The van der Waals surface area contributed by atoms with Gasteiger partial charge in [0.05, 0.1) is 17.1 Å². The maximum Gasteiger partial charge on any atom is 0.265 e. The van der Waals surface area contributed by atoms with E-state index in [1.165, 1.54) is 0 Å². The quantitative estimate of drug-likeness (QED) is 0.335. The van der Waals surface area contributed by atoms with Crippen LogP contribution in [-0.4, -0.2) is 24.1 Å². The van der Waals surface area contributed by atoms with Crippen molar-refractivity contribution in [3.8, 4) is 5.69 Å². The van der Waals surface area contributed by atoms with Crippen LogP contribution in [0.25, 0.3) is 38.9 Å². The van der Waals surface area contributed by atoms with Crippen LogP contribution < -0.4 is 5.56 Å². The highest BCUT2D eigenvalue weighted by molar-refractivity contribution is 6.05. The molecular formula is C29H25N5O. The van der Waals surface area contributed by atoms with E-state index >= 15 is 0 Å². The Morgan fingerprint density at radius 3 is 2.06 bits per heavy atom. The van der Waals surface area contributed by atoms with E-state index in [2.05, 4.69) is 32.0 Å². The fraction of sp³-hybridized carbons (Fsp3) is 0.172. The Balaban J connectivity index is 1.77. The third kappa shape index (κ3) is 3.33. The number of para-hydroxylation sites is 2. The number of nitrogens with zero attached hydrogens (tertiary/aromatic N) is 5. The zero-order valence-corrected chi connectivity index (χ0v) is 20.1. The van der Waals surface area contributed by atoms with E-state index in [1.807, 2.05) is 73.0 Å². The molecule has 6 nitrogen and oxygen atoms in total. The Kier molecular flexibility index (Phi) is 4.78. The highest BCUT2D eigenvalue weighted by Gasteiger charge is 2.24. The van der Waals surface area contributed by atoms with Crippen LogP contribution in [0.15, 0.2) is 77.6 Å². The summed E-state index contributed by atoms with van der Waals surface area (Å²) in [6, 6.07) is 23.9. The average molecular weight is 460 g/mol. The summed E-state index contributed by atoms with van der Waals surface area (Å²) >= 11 is 0. The molecule has 0 bridgehead atoms. The van der Waals surface area contributed by atoms with Crippen molar-refractivity contribution in [2.75, 3.05) is 0 Å². The predicted molar refractivity (Wildman–Crippen MR) is 140 cm³/mol. The van der Waals surface area contributed by atoms with Crippen molar-refractivity contribution in [1.82, 2.24) is 24.1 Å². The van der Waals surface area contributed by atoms with Gasteiger partial charge < -0.3 is 0 Å². The molecule has 1 atom stereocenters. The smallest absolute Gasteiger partial charge is 0.265 e. The molecule has 3 aromatic heterocycles. The first-order chi connectivity index (χ1) is 16.9. The summed E-state index contributed by atoms with van der Waals surface area (Å²) in [5, 5.41) is 0.491. The number of rotatable bonds is 3. The van der Waals surface area contributed by atoms with E-state index in [-0.39, 0.29) is 11.6 Å². The normalized spacial score (nSPS) is 12.6. The fourth-order valence-electron chi connectivity index (χ4n) is 5.07. The summed E-state index contributed by atoms with van der Waals surface area (Å²) in [5.41, 5.74) is 7.45. The van der Waals surface area contributed by atoms with Crippen LogP contribution in [0, 0.1) is 20.8 Å². The SMILES string of the molecule is Cc1cc(C)cc(-n2c3nc4ccccc4nc3c3c(=O)n([C@@H](C)c4ccccc4)c(C)nc32)c1. The van der Waals surface area contributed by atoms with Gasteiger partial charge in [-0.05, 0) is 68.7 Å². The van der Waals surface area contributed by atoms with Crippen LogP contribution >= 0.6 is 0 Å². The zero-order chi connectivity index (χ0) is 24.3. The minimum atomic E-state index is -0.173. The van der Waals surface area contributed by atoms with Gasteiger partial charge in [-0.25, -0.2) is 15.0 Å². The van der Waals surface area contributed by atoms with E-state index in [0.717, 1.165) is 33.4 Å². The summed E-state index contributed by atoms with van der Waals surface area (Å²) in [7, 11) is 0. The minimum absolute atomic E-state index is 0.110. The van der Waals surface area contributed by atoms with Crippen molar-refractivity contribution in [3.05, 3.63) is 106 Å². The number of hydrogen-bond acceptors (Lipinski definition) is 4. The van der Waals surface area contributed by atoms with Crippen molar-refractivity contribution in [3.63, 3.8) is 0 Å². The fourth-order valence-corrected chi connectivity index (χ4v) is 5.07. The van der Waals surface area contributed by atoms with Crippen molar-refractivity contribution in [2.24, 2.45) is 0 Å². The van der Waals surface area contributed by atoms with Gasteiger partial charge in [-0.2, -0.15) is 0 Å². The Labute approximate surface area is 202 Å². The molecule has 0 fully saturated rings. The van der Waals surface area contributed by atoms with Crippen molar-refractivity contribution in [2.45, 2.75) is 33.7 Å². The Hall–Kier alpha value is -4.32. The van der Waals surface area contributed by atoms with Gasteiger partial charge in [0.2, 0.25) is 0 Å². The van der Waals surface area contributed by atoms with E-state index in [4.69, 9.17) is 15.0 Å². The highest BCUT2D eigenvalue weighted by Crippen LogP contribution is 2.30. The van der Waals surface area contributed by atoms with E-state index < -0.39 is 0 Å². The molecule has 0 unspecified atom stereocenters. The molecule has 0 aliphatic heterocycles. The van der Waals surface area contributed by atoms with E-state index in [1.54, 1.807) is 4.57 Å². The molecule has 0 radical (unpaired) electrons. The maximum atomic E-state index is 14.1. The Morgan fingerprint density at radius 1 is 0.743 bits per heavy atom. The molecule has 0 spiro atoms. The number of fused-ring (bicyclic) bond motifs is 4. The van der Waals surface area contributed by atoms with Gasteiger partial charge in [0, 0.05) is 5.69 Å². The molecule has 0 amide bonds. The summed E-state index contributed by atoms with van der Waals surface area (Å²) < 4.78 is 3.75. The molecular weight excluding hydrogens is 434 g/mol. The van der Waals surface area contributed by atoms with Gasteiger partial charge in [-0.1, -0.05) is 48.5 Å². The second-order valence-corrected chi connectivity index (χ2v) is 9.19. The summed E-state index contributed by atoms with van der Waals surface area (Å²) in [4.78, 5) is 29.0. The highest BCUT2D eigenvalue weighted by atomic mass is 16.1. The van der Waals surface area contributed by atoms with Crippen LogP contribution in [-0.2, 0) is 0 Å². The van der Waals surface area contributed by atoms with Gasteiger partial charge in [0.1, 0.15) is 16.7 Å². The molecule has 172 valence electrons. The molecule has 0 aliphatic carbocycles. The number of aryl methyl sites for hydroxylation is 3. The van der Waals surface area contributed by atoms with Crippen LogP contribution in [0.3, 0.4) is 0 Å². The lowest BCUT2D eigenvalue weighted by Gasteiger charge is -2.18. The average Bonchev–Trinajstić information content (AvgIpc) is 3.15. The minimum Gasteiger partial charge on any atom is -0.289 e. The topological polar surface area (TPSA) is 65.6 Å². The van der Waals surface area contributed by atoms with Gasteiger partial charge in [0.15, 0.2) is 11.3 Å². The van der Waals surface area contributed by atoms with Crippen molar-refractivity contribution in [1.29, 1.82) is 0 Å². The largest absolute Gasteiger partial charge is 0.289 e. The molecule has 6 heteroatoms. The molecule has 0 saturated carbocycles.